The van der Waals surface area contributed by atoms with E-state index in [0.717, 1.165) is 27.7 Å². The van der Waals surface area contributed by atoms with Crippen LogP contribution < -0.4 is 5.43 Å². The zero-order valence-corrected chi connectivity index (χ0v) is 19.1. The van der Waals surface area contributed by atoms with Crippen LogP contribution in [0.15, 0.2) is 84.1 Å². The Bertz CT molecular complexity index is 1560. The van der Waals surface area contributed by atoms with Crippen molar-refractivity contribution in [2.75, 3.05) is 0 Å². The highest BCUT2D eigenvalue weighted by atomic mass is 32.1. The van der Waals surface area contributed by atoms with E-state index in [1.54, 1.807) is 18.3 Å². The van der Waals surface area contributed by atoms with Gasteiger partial charge in [-0.2, -0.15) is 5.10 Å². The van der Waals surface area contributed by atoms with E-state index in [2.05, 4.69) is 52.3 Å². The Morgan fingerprint density at radius 3 is 2.71 bits per heavy atom. The number of nitrogens with one attached hydrogen (secondary N) is 1. The molecule has 0 unspecified atom stereocenters. The first kappa shape index (κ1) is 21.5. The van der Waals surface area contributed by atoms with Gasteiger partial charge in [0, 0.05) is 51.4 Å². The molecule has 0 bridgehead atoms. The summed E-state index contributed by atoms with van der Waals surface area (Å²) < 4.78 is 2.97. The second-order valence-corrected chi connectivity index (χ2v) is 9.09. The minimum atomic E-state index is -0.448. The van der Waals surface area contributed by atoms with Crippen molar-refractivity contribution < 1.29 is 9.72 Å². The van der Waals surface area contributed by atoms with Gasteiger partial charge in [-0.15, -0.1) is 11.3 Å². The molecule has 2 aromatic heterocycles. The second kappa shape index (κ2) is 8.92. The monoisotopic (exact) mass is 468 g/mol. The average molecular weight is 469 g/mol. The molecule has 0 atom stereocenters. The summed E-state index contributed by atoms with van der Waals surface area (Å²) in [5.41, 5.74) is 6.98. The molecule has 0 aliphatic rings. The standard InChI is InChI=1S/C26H20N4O3S/c1-17-6-8-18(9-7-17)15-29-16-20(22-4-2-3-5-23(22)29)14-27-28-26(31)25-13-19-12-21(30(32)33)10-11-24(19)34-25/h2-14,16H,15H2,1H3,(H,28,31). The number of aryl methyl sites for hydroxylation is 1. The molecular weight excluding hydrogens is 448 g/mol. The fourth-order valence-electron chi connectivity index (χ4n) is 3.87. The summed E-state index contributed by atoms with van der Waals surface area (Å²) >= 11 is 1.27. The molecule has 5 rings (SSSR count). The molecule has 5 aromatic rings. The Morgan fingerprint density at radius 2 is 1.91 bits per heavy atom. The SMILES string of the molecule is Cc1ccc(Cn2cc(C=NNC(=O)c3cc4cc([N+](=O)[O-])ccc4s3)c3ccccc32)cc1. The van der Waals surface area contributed by atoms with E-state index in [9.17, 15) is 14.9 Å². The predicted molar refractivity (Wildman–Crippen MR) is 136 cm³/mol. The van der Waals surface area contributed by atoms with Crippen LogP contribution in [0.25, 0.3) is 21.0 Å². The van der Waals surface area contributed by atoms with Crippen LogP contribution in [0.2, 0.25) is 0 Å². The lowest BCUT2D eigenvalue weighted by molar-refractivity contribution is -0.384. The number of amides is 1. The van der Waals surface area contributed by atoms with Gasteiger partial charge in [0.1, 0.15) is 0 Å². The van der Waals surface area contributed by atoms with Crippen LogP contribution in [0.3, 0.4) is 0 Å². The topological polar surface area (TPSA) is 89.5 Å². The third kappa shape index (κ3) is 4.31. The average Bonchev–Trinajstić information content (AvgIpc) is 3.42. The van der Waals surface area contributed by atoms with Crippen molar-refractivity contribution in [3.05, 3.63) is 111 Å². The van der Waals surface area contributed by atoms with Crippen LogP contribution in [-0.2, 0) is 6.54 Å². The minimum Gasteiger partial charge on any atom is -0.342 e. The number of aromatic nitrogens is 1. The quantitative estimate of drug-likeness (QED) is 0.192. The number of nitrogens with zero attached hydrogens (tertiary/aromatic N) is 3. The molecule has 34 heavy (non-hydrogen) atoms. The van der Waals surface area contributed by atoms with Gasteiger partial charge in [0.2, 0.25) is 0 Å². The van der Waals surface area contributed by atoms with E-state index in [-0.39, 0.29) is 11.6 Å². The van der Waals surface area contributed by atoms with Crippen molar-refractivity contribution >= 4 is 50.1 Å². The third-order valence-corrected chi connectivity index (χ3v) is 6.71. The number of para-hydroxylation sites is 1. The molecule has 1 amide bonds. The lowest BCUT2D eigenvalue weighted by atomic mass is 10.1. The molecule has 1 N–H and O–H groups in total. The fourth-order valence-corrected chi connectivity index (χ4v) is 4.80. The van der Waals surface area contributed by atoms with Gasteiger partial charge in [-0.3, -0.25) is 14.9 Å². The lowest BCUT2D eigenvalue weighted by Gasteiger charge is -2.06. The van der Waals surface area contributed by atoms with E-state index >= 15 is 0 Å². The van der Waals surface area contributed by atoms with Crippen LogP contribution in [0.1, 0.15) is 26.4 Å². The van der Waals surface area contributed by atoms with Crippen LogP contribution in [0, 0.1) is 17.0 Å². The summed E-state index contributed by atoms with van der Waals surface area (Å²) in [6.07, 6.45) is 3.67. The van der Waals surface area contributed by atoms with E-state index in [0.29, 0.717) is 10.3 Å². The number of rotatable bonds is 6. The predicted octanol–water partition coefficient (Wildman–Crippen LogP) is 5.88. The van der Waals surface area contributed by atoms with E-state index < -0.39 is 4.92 Å². The van der Waals surface area contributed by atoms with E-state index in [1.807, 2.05) is 24.4 Å². The molecule has 0 aliphatic heterocycles. The van der Waals surface area contributed by atoms with Crippen LogP contribution in [0.4, 0.5) is 5.69 Å². The molecule has 2 heterocycles. The summed E-state index contributed by atoms with van der Waals surface area (Å²) in [4.78, 5) is 23.6. The molecular formula is C26H20N4O3S. The van der Waals surface area contributed by atoms with Gasteiger partial charge in [-0.1, -0.05) is 48.0 Å². The summed E-state index contributed by atoms with van der Waals surface area (Å²) in [7, 11) is 0. The smallest absolute Gasteiger partial charge is 0.281 e. The largest absolute Gasteiger partial charge is 0.342 e. The Morgan fingerprint density at radius 1 is 1.12 bits per heavy atom. The summed E-state index contributed by atoms with van der Waals surface area (Å²) in [6.45, 7) is 2.80. The molecule has 3 aromatic carbocycles. The van der Waals surface area contributed by atoms with Crippen molar-refractivity contribution in [3.63, 3.8) is 0 Å². The van der Waals surface area contributed by atoms with E-state index in [1.165, 1.54) is 34.6 Å². The van der Waals surface area contributed by atoms with Gasteiger partial charge in [-0.05, 0) is 30.7 Å². The zero-order chi connectivity index (χ0) is 23.7. The number of hydrogen-bond donors (Lipinski definition) is 1. The van der Waals surface area contributed by atoms with Gasteiger partial charge in [0.25, 0.3) is 11.6 Å². The molecule has 0 spiro atoms. The zero-order valence-electron chi connectivity index (χ0n) is 18.3. The van der Waals surface area contributed by atoms with Crippen molar-refractivity contribution in [2.24, 2.45) is 5.10 Å². The van der Waals surface area contributed by atoms with Crippen LogP contribution in [0.5, 0.6) is 0 Å². The number of nitro benzene ring substituents is 1. The maximum absolute atomic E-state index is 12.6. The highest BCUT2D eigenvalue weighted by Gasteiger charge is 2.13. The number of non-ortho nitro benzene ring substituents is 1. The Labute approximate surface area is 199 Å². The Hall–Kier alpha value is -4.30. The fraction of sp³-hybridized carbons (Fsp3) is 0.0769. The van der Waals surface area contributed by atoms with Crippen molar-refractivity contribution in [1.82, 2.24) is 9.99 Å². The first-order chi connectivity index (χ1) is 16.5. The molecule has 0 radical (unpaired) electrons. The number of carbonyl (C=O) groups excluding carboxylic acids is 1. The molecule has 168 valence electrons. The molecule has 0 saturated heterocycles. The number of hydrazone groups is 1. The summed E-state index contributed by atoms with van der Waals surface area (Å²) in [5, 5.41) is 16.9. The van der Waals surface area contributed by atoms with Crippen LogP contribution in [-0.4, -0.2) is 21.6 Å². The van der Waals surface area contributed by atoms with Gasteiger partial charge in [-0.25, -0.2) is 5.43 Å². The van der Waals surface area contributed by atoms with Gasteiger partial charge >= 0.3 is 0 Å². The van der Waals surface area contributed by atoms with Crippen molar-refractivity contribution in [1.29, 1.82) is 0 Å². The van der Waals surface area contributed by atoms with Crippen molar-refractivity contribution in [3.8, 4) is 0 Å². The number of thiophene rings is 1. The van der Waals surface area contributed by atoms with Gasteiger partial charge < -0.3 is 4.57 Å². The third-order valence-electron chi connectivity index (χ3n) is 5.60. The molecule has 0 aliphatic carbocycles. The Kier molecular flexibility index (Phi) is 5.65. The highest BCUT2D eigenvalue weighted by Crippen LogP contribution is 2.29. The highest BCUT2D eigenvalue weighted by molar-refractivity contribution is 7.20. The van der Waals surface area contributed by atoms with Crippen LogP contribution >= 0.6 is 11.3 Å². The van der Waals surface area contributed by atoms with Gasteiger partial charge in [0.15, 0.2) is 0 Å². The minimum absolute atomic E-state index is 0.00249. The summed E-state index contributed by atoms with van der Waals surface area (Å²) in [6, 6.07) is 22.7. The Balaban J connectivity index is 1.36. The number of fused-ring (bicyclic) bond motifs is 2. The molecule has 7 nitrogen and oxygen atoms in total. The first-order valence-corrected chi connectivity index (χ1v) is 11.4. The lowest BCUT2D eigenvalue weighted by Crippen LogP contribution is -2.16. The van der Waals surface area contributed by atoms with E-state index in [4.69, 9.17) is 0 Å². The molecule has 8 heteroatoms. The number of nitro groups is 1. The molecule has 0 fully saturated rings. The number of benzene rings is 3. The summed E-state index contributed by atoms with van der Waals surface area (Å²) in [5.74, 6) is -0.358. The number of hydrogen-bond acceptors (Lipinski definition) is 5. The normalized spacial score (nSPS) is 11.4. The maximum atomic E-state index is 12.6. The first-order valence-electron chi connectivity index (χ1n) is 10.6. The number of carbonyl (C=O) groups is 1. The van der Waals surface area contributed by atoms with Crippen molar-refractivity contribution in [2.45, 2.75) is 13.5 Å². The maximum Gasteiger partial charge on any atom is 0.281 e. The van der Waals surface area contributed by atoms with Gasteiger partial charge in [0.05, 0.1) is 16.0 Å². The second-order valence-electron chi connectivity index (χ2n) is 8.00. The molecule has 0 saturated carbocycles.